The minimum Gasteiger partial charge on any atom is -0.264 e. The fourth-order valence-corrected chi connectivity index (χ4v) is 2.88. The van der Waals surface area contributed by atoms with Gasteiger partial charge in [-0.15, -0.1) is 0 Å². The van der Waals surface area contributed by atoms with Gasteiger partial charge < -0.3 is 0 Å². The van der Waals surface area contributed by atoms with E-state index in [0.29, 0.717) is 0 Å². The highest BCUT2D eigenvalue weighted by Crippen LogP contribution is 2.21. The summed E-state index contributed by atoms with van der Waals surface area (Å²) in [5.74, 6) is 0. The Morgan fingerprint density at radius 2 is 0.846 bits per heavy atom. The quantitative estimate of drug-likeness (QED) is 0.316. The van der Waals surface area contributed by atoms with Crippen molar-refractivity contribution >= 4 is 31.9 Å². The topological polar surface area (TPSA) is 25.8 Å². The molecule has 0 atom stereocenters. The molecule has 0 amide bonds. The van der Waals surface area contributed by atoms with Crippen molar-refractivity contribution in [1.82, 2.24) is 9.97 Å². The molecule has 4 aromatic rings. The van der Waals surface area contributed by atoms with Crippen LogP contribution in [0.15, 0.2) is 107 Å². The van der Waals surface area contributed by atoms with Crippen LogP contribution in [0.25, 0.3) is 22.3 Å². The first-order chi connectivity index (χ1) is 12.7. The van der Waals surface area contributed by atoms with Gasteiger partial charge in [-0.2, -0.15) is 0 Å². The van der Waals surface area contributed by atoms with E-state index in [1.54, 1.807) is 12.4 Å². The maximum atomic E-state index is 4.07. The van der Waals surface area contributed by atoms with E-state index in [2.05, 4.69) is 78.2 Å². The number of rotatable bonds is 2. The van der Waals surface area contributed by atoms with Crippen molar-refractivity contribution in [1.29, 1.82) is 0 Å². The summed E-state index contributed by atoms with van der Waals surface area (Å²) in [5.41, 5.74) is 4.68. The van der Waals surface area contributed by atoms with E-state index in [1.807, 2.05) is 48.8 Å². The summed E-state index contributed by atoms with van der Waals surface area (Å²) in [7, 11) is 0. The lowest BCUT2D eigenvalue weighted by molar-refractivity contribution is 1.33. The number of hydrogen-bond acceptors (Lipinski definition) is 2. The van der Waals surface area contributed by atoms with Crippen molar-refractivity contribution in [2.24, 2.45) is 0 Å². The summed E-state index contributed by atoms with van der Waals surface area (Å²) in [6, 6.07) is 24.4. The van der Waals surface area contributed by atoms with Crippen LogP contribution in [0.3, 0.4) is 0 Å². The largest absolute Gasteiger partial charge is 0.264 e. The fraction of sp³-hybridized carbons (Fsp3) is 0. The number of benzene rings is 2. The maximum Gasteiger partial charge on any atom is 0.0346 e. The molecule has 0 spiro atoms. The van der Waals surface area contributed by atoms with Crippen LogP contribution in [0.1, 0.15) is 0 Å². The summed E-state index contributed by atoms with van der Waals surface area (Å²) in [6.45, 7) is 0. The highest BCUT2D eigenvalue weighted by molar-refractivity contribution is 9.10. The van der Waals surface area contributed by atoms with Crippen LogP contribution in [0.5, 0.6) is 0 Å². The summed E-state index contributed by atoms with van der Waals surface area (Å²) in [6.07, 6.45) is 7.29. The van der Waals surface area contributed by atoms with E-state index in [-0.39, 0.29) is 0 Å². The molecule has 0 bridgehead atoms. The standard InChI is InChI=1S/2C11H8BrN/c2*12-11-5-3-9(4-6-11)10-2-1-7-13-8-10/h2*1-8H. The summed E-state index contributed by atoms with van der Waals surface area (Å²) < 4.78 is 2.19. The molecule has 26 heavy (non-hydrogen) atoms. The zero-order chi connectivity index (χ0) is 18.2. The van der Waals surface area contributed by atoms with Crippen molar-refractivity contribution in [3.63, 3.8) is 0 Å². The van der Waals surface area contributed by atoms with Crippen molar-refractivity contribution in [3.05, 3.63) is 107 Å². The Balaban J connectivity index is 0.000000151. The Hall–Kier alpha value is -2.30. The highest BCUT2D eigenvalue weighted by Gasteiger charge is 1.96. The molecule has 128 valence electrons. The molecular weight excluding hydrogens is 452 g/mol. The van der Waals surface area contributed by atoms with Gasteiger partial charge in [-0.1, -0.05) is 68.3 Å². The van der Waals surface area contributed by atoms with Gasteiger partial charge in [0.2, 0.25) is 0 Å². The Bertz CT molecular complexity index is 842. The molecule has 0 aliphatic heterocycles. The Morgan fingerprint density at radius 1 is 0.462 bits per heavy atom. The molecule has 0 fully saturated rings. The van der Waals surface area contributed by atoms with Gasteiger partial charge in [0, 0.05) is 33.7 Å². The van der Waals surface area contributed by atoms with Gasteiger partial charge in [0.1, 0.15) is 0 Å². The van der Waals surface area contributed by atoms with Gasteiger partial charge in [-0.05, 0) is 58.7 Å². The zero-order valence-electron chi connectivity index (χ0n) is 13.9. The first kappa shape index (κ1) is 18.5. The van der Waals surface area contributed by atoms with Crippen molar-refractivity contribution < 1.29 is 0 Å². The molecule has 2 aromatic heterocycles. The molecule has 0 N–H and O–H groups in total. The van der Waals surface area contributed by atoms with Gasteiger partial charge in [0.25, 0.3) is 0 Å². The molecule has 4 heteroatoms. The van der Waals surface area contributed by atoms with Crippen LogP contribution in [0.4, 0.5) is 0 Å². The van der Waals surface area contributed by atoms with Crippen molar-refractivity contribution in [2.45, 2.75) is 0 Å². The minimum atomic E-state index is 1.10. The third-order valence-electron chi connectivity index (χ3n) is 3.68. The number of hydrogen-bond donors (Lipinski definition) is 0. The van der Waals surface area contributed by atoms with Crippen molar-refractivity contribution in [2.75, 3.05) is 0 Å². The highest BCUT2D eigenvalue weighted by atomic mass is 79.9. The molecule has 2 aromatic carbocycles. The molecule has 0 radical (unpaired) electrons. The summed E-state index contributed by atoms with van der Waals surface area (Å²) in [5, 5.41) is 0. The van der Waals surface area contributed by atoms with Gasteiger partial charge in [-0.3, -0.25) is 9.97 Å². The average Bonchev–Trinajstić information content (AvgIpc) is 2.71. The van der Waals surface area contributed by atoms with E-state index < -0.39 is 0 Å². The molecule has 2 heterocycles. The lowest BCUT2D eigenvalue weighted by Crippen LogP contribution is -1.77. The van der Waals surface area contributed by atoms with E-state index in [9.17, 15) is 0 Å². The van der Waals surface area contributed by atoms with Crippen LogP contribution in [0, 0.1) is 0 Å². The lowest BCUT2D eigenvalue weighted by atomic mass is 10.1. The van der Waals surface area contributed by atoms with Crippen LogP contribution in [-0.2, 0) is 0 Å². The Labute approximate surface area is 170 Å². The molecule has 0 unspecified atom stereocenters. The van der Waals surface area contributed by atoms with Crippen LogP contribution >= 0.6 is 31.9 Å². The van der Waals surface area contributed by atoms with Gasteiger partial charge in [0.05, 0.1) is 0 Å². The molecule has 0 saturated heterocycles. The number of pyridine rings is 2. The van der Waals surface area contributed by atoms with Gasteiger partial charge in [0.15, 0.2) is 0 Å². The predicted octanol–water partition coefficient (Wildman–Crippen LogP) is 7.02. The first-order valence-electron chi connectivity index (χ1n) is 8.04. The second-order valence-corrected chi connectivity index (χ2v) is 7.33. The number of nitrogens with zero attached hydrogens (tertiary/aromatic N) is 2. The molecule has 0 aliphatic carbocycles. The molecule has 2 nitrogen and oxygen atoms in total. The second kappa shape index (κ2) is 9.41. The minimum absolute atomic E-state index is 1.10. The number of halogens is 2. The predicted molar refractivity (Wildman–Crippen MR) is 115 cm³/mol. The van der Waals surface area contributed by atoms with E-state index in [4.69, 9.17) is 0 Å². The summed E-state index contributed by atoms with van der Waals surface area (Å²) >= 11 is 6.80. The number of aromatic nitrogens is 2. The van der Waals surface area contributed by atoms with E-state index in [0.717, 1.165) is 20.1 Å². The van der Waals surface area contributed by atoms with Crippen molar-refractivity contribution in [3.8, 4) is 22.3 Å². The van der Waals surface area contributed by atoms with Gasteiger partial charge >= 0.3 is 0 Å². The fourth-order valence-electron chi connectivity index (χ4n) is 2.35. The third-order valence-corrected chi connectivity index (χ3v) is 4.74. The zero-order valence-corrected chi connectivity index (χ0v) is 17.1. The van der Waals surface area contributed by atoms with Crippen LogP contribution in [-0.4, -0.2) is 9.97 Å². The maximum absolute atomic E-state index is 4.07. The first-order valence-corrected chi connectivity index (χ1v) is 9.63. The normalized spacial score (nSPS) is 9.92. The van der Waals surface area contributed by atoms with Crippen LogP contribution in [0.2, 0.25) is 0 Å². The molecular formula is C22H16Br2N2. The Kier molecular flexibility index (Phi) is 6.69. The molecule has 0 aliphatic rings. The molecule has 4 rings (SSSR count). The molecule has 0 saturated carbocycles. The van der Waals surface area contributed by atoms with Gasteiger partial charge in [-0.25, -0.2) is 0 Å². The summed E-state index contributed by atoms with van der Waals surface area (Å²) in [4.78, 5) is 8.14. The monoisotopic (exact) mass is 466 g/mol. The SMILES string of the molecule is Brc1ccc(-c2cccnc2)cc1.Brc1ccc(-c2cccnc2)cc1. The third kappa shape index (κ3) is 5.35. The lowest BCUT2D eigenvalue weighted by Gasteiger charge is -1.99. The van der Waals surface area contributed by atoms with E-state index in [1.165, 1.54) is 11.1 Å². The van der Waals surface area contributed by atoms with E-state index >= 15 is 0 Å². The smallest absolute Gasteiger partial charge is 0.0346 e. The Morgan fingerprint density at radius 3 is 1.15 bits per heavy atom. The van der Waals surface area contributed by atoms with Crippen LogP contribution < -0.4 is 0 Å². The second-order valence-electron chi connectivity index (χ2n) is 5.50. The average molecular weight is 468 g/mol.